The Kier molecular flexibility index (Phi) is 3.80. The highest BCUT2D eigenvalue weighted by atomic mass is 79.9. The number of benzene rings is 1. The van der Waals surface area contributed by atoms with Crippen molar-refractivity contribution in [2.24, 2.45) is 0 Å². The van der Waals surface area contributed by atoms with E-state index >= 15 is 0 Å². The maximum atomic E-state index is 10.7. The van der Waals surface area contributed by atoms with Crippen LogP contribution in [0.5, 0.6) is 11.5 Å². The molecule has 16 heavy (non-hydrogen) atoms. The third-order valence-corrected chi connectivity index (χ3v) is 3.67. The molecule has 0 atom stereocenters. The lowest BCUT2D eigenvalue weighted by Crippen LogP contribution is -2.05. The molecule has 88 valence electrons. The van der Waals surface area contributed by atoms with Gasteiger partial charge in [-0.15, -0.1) is 0 Å². The highest BCUT2D eigenvalue weighted by Gasteiger charge is 2.20. The summed E-state index contributed by atoms with van der Waals surface area (Å²) >= 11 is 3.36. The van der Waals surface area contributed by atoms with Crippen molar-refractivity contribution in [1.29, 1.82) is 0 Å². The minimum absolute atomic E-state index is 0.0944. The number of hydrogen-bond acceptors (Lipinski definition) is 3. The Labute approximate surface area is 102 Å². The third kappa shape index (κ3) is 2.14. The van der Waals surface area contributed by atoms with Gasteiger partial charge in [-0.25, -0.2) is 0 Å². The van der Waals surface area contributed by atoms with Crippen LogP contribution in [-0.2, 0) is 11.2 Å². The Morgan fingerprint density at radius 1 is 1.38 bits per heavy atom. The van der Waals surface area contributed by atoms with Crippen LogP contribution in [0.4, 0.5) is 0 Å². The number of halogens is 1. The van der Waals surface area contributed by atoms with Crippen molar-refractivity contribution in [2.45, 2.75) is 20.3 Å². The second-order valence-corrected chi connectivity index (χ2v) is 4.29. The van der Waals surface area contributed by atoms with Gasteiger partial charge in [-0.05, 0) is 19.4 Å². The number of phenols is 1. The fourth-order valence-electron chi connectivity index (χ4n) is 1.62. The molecule has 0 unspecified atom stereocenters. The number of ether oxygens (including phenoxy) is 1. The minimum atomic E-state index is -0.990. The van der Waals surface area contributed by atoms with Crippen LogP contribution in [0.1, 0.15) is 16.7 Å². The van der Waals surface area contributed by atoms with Crippen molar-refractivity contribution in [3.63, 3.8) is 0 Å². The molecule has 0 aliphatic rings. The zero-order chi connectivity index (χ0) is 12.5. The molecule has 0 fully saturated rings. The van der Waals surface area contributed by atoms with Crippen molar-refractivity contribution in [3.05, 3.63) is 21.2 Å². The summed E-state index contributed by atoms with van der Waals surface area (Å²) in [5, 5.41) is 18.7. The number of methoxy groups -OCH3 is 1. The van der Waals surface area contributed by atoms with E-state index in [4.69, 9.17) is 9.84 Å². The number of rotatable bonds is 3. The van der Waals surface area contributed by atoms with Crippen molar-refractivity contribution in [1.82, 2.24) is 0 Å². The Morgan fingerprint density at radius 2 is 1.94 bits per heavy atom. The molecule has 5 heteroatoms. The van der Waals surface area contributed by atoms with E-state index in [1.165, 1.54) is 7.11 Å². The first kappa shape index (κ1) is 12.8. The first-order chi connectivity index (χ1) is 7.40. The molecule has 0 heterocycles. The first-order valence-corrected chi connectivity index (χ1v) is 5.45. The zero-order valence-electron chi connectivity index (χ0n) is 9.30. The van der Waals surface area contributed by atoms with Gasteiger partial charge in [0.25, 0.3) is 0 Å². The van der Waals surface area contributed by atoms with Crippen molar-refractivity contribution >= 4 is 21.9 Å². The summed E-state index contributed by atoms with van der Waals surface area (Å²) in [4.78, 5) is 10.7. The van der Waals surface area contributed by atoms with Crippen molar-refractivity contribution < 1.29 is 19.7 Å². The molecule has 0 aliphatic heterocycles. The molecule has 2 N–H and O–H groups in total. The van der Waals surface area contributed by atoms with Gasteiger partial charge >= 0.3 is 5.97 Å². The molecule has 0 saturated heterocycles. The average Bonchev–Trinajstić information content (AvgIpc) is 2.22. The first-order valence-electron chi connectivity index (χ1n) is 4.66. The predicted octanol–water partition coefficient (Wildman–Crippen LogP) is 2.41. The van der Waals surface area contributed by atoms with Gasteiger partial charge in [0, 0.05) is 15.6 Å². The molecule has 0 aromatic heterocycles. The normalized spacial score (nSPS) is 10.2. The van der Waals surface area contributed by atoms with Gasteiger partial charge in [-0.3, -0.25) is 4.79 Å². The van der Waals surface area contributed by atoms with Crippen LogP contribution in [0.15, 0.2) is 4.47 Å². The number of carbonyl (C=O) groups is 1. The van der Waals surface area contributed by atoms with E-state index in [9.17, 15) is 9.90 Å². The number of hydrogen-bond donors (Lipinski definition) is 2. The summed E-state index contributed by atoms with van der Waals surface area (Å²) in [6.45, 7) is 3.55. The van der Waals surface area contributed by atoms with Gasteiger partial charge in [0.1, 0.15) is 0 Å². The van der Waals surface area contributed by atoms with E-state index in [2.05, 4.69) is 15.9 Å². The molecule has 1 aromatic carbocycles. The fraction of sp³-hybridized carbons (Fsp3) is 0.364. The molecule has 4 nitrogen and oxygen atoms in total. The smallest absolute Gasteiger partial charge is 0.307 e. The van der Waals surface area contributed by atoms with E-state index in [1.807, 2.05) is 0 Å². The Hall–Kier alpha value is -1.23. The molecular weight excluding hydrogens is 276 g/mol. The van der Waals surface area contributed by atoms with Crippen LogP contribution in [0.25, 0.3) is 0 Å². The molecule has 0 amide bonds. The van der Waals surface area contributed by atoms with Gasteiger partial charge < -0.3 is 14.9 Å². The maximum Gasteiger partial charge on any atom is 0.307 e. The molecular formula is C11H13BrO4. The summed E-state index contributed by atoms with van der Waals surface area (Å²) in [6, 6.07) is 0. The number of aliphatic carboxylic acids is 1. The Balaban J connectivity index is 3.48. The number of carboxylic acids is 1. The lowest BCUT2D eigenvalue weighted by atomic mass is 10.0. The summed E-state index contributed by atoms with van der Waals surface area (Å²) in [5.41, 5.74) is 1.85. The second kappa shape index (κ2) is 4.74. The molecule has 1 aromatic rings. The molecule has 0 aliphatic carbocycles. The third-order valence-electron chi connectivity index (χ3n) is 2.48. The van der Waals surface area contributed by atoms with Gasteiger partial charge in [0.15, 0.2) is 11.5 Å². The van der Waals surface area contributed by atoms with E-state index in [0.29, 0.717) is 11.3 Å². The molecule has 0 saturated carbocycles. The highest BCUT2D eigenvalue weighted by Crippen LogP contribution is 2.41. The minimum Gasteiger partial charge on any atom is -0.504 e. The highest BCUT2D eigenvalue weighted by molar-refractivity contribution is 9.10. The van der Waals surface area contributed by atoms with E-state index in [-0.39, 0.29) is 12.2 Å². The van der Waals surface area contributed by atoms with E-state index < -0.39 is 5.97 Å². The monoisotopic (exact) mass is 288 g/mol. The van der Waals surface area contributed by atoms with Gasteiger partial charge in [-0.2, -0.15) is 0 Å². The quantitative estimate of drug-likeness (QED) is 0.896. The summed E-state index contributed by atoms with van der Waals surface area (Å²) in [5.74, 6) is -0.770. The summed E-state index contributed by atoms with van der Waals surface area (Å²) in [7, 11) is 1.44. The Bertz CT molecular complexity index is 440. The molecule has 0 bridgehead atoms. The average molecular weight is 289 g/mol. The van der Waals surface area contributed by atoms with Gasteiger partial charge in [0.2, 0.25) is 0 Å². The topological polar surface area (TPSA) is 66.8 Å². The van der Waals surface area contributed by atoms with Crippen LogP contribution in [-0.4, -0.2) is 23.3 Å². The number of phenolic OH excluding ortho intramolecular Hbond substituents is 1. The molecule has 0 spiro atoms. The molecule has 0 radical (unpaired) electrons. The molecule has 1 rings (SSSR count). The summed E-state index contributed by atoms with van der Waals surface area (Å²) in [6.07, 6.45) is -0.229. The predicted molar refractivity (Wildman–Crippen MR) is 63.2 cm³/mol. The lowest BCUT2D eigenvalue weighted by molar-refractivity contribution is -0.136. The largest absolute Gasteiger partial charge is 0.504 e. The standard InChI is InChI=1S/C11H13BrO4/c1-5-7(4-8(13)14)10(15)11(16-3)6(2)9(5)12/h15H,4H2,1-3H3,(H,13,14). The second-order valence-electron chi connectivity index (χ2n) is 3.49. The Morgan fingerprint density at radius 3 is 2.38 bits per heavy atom. The summed E-state index contributed by atoms with van der Waals surface area (Å²) < 4.78 is 5.82. The SMILES string of the molecule is COc1c(C)c(Br)c(C)c(CC(=O)O)c1O. The van der Waals surface area contributed by atoms with Gasteiger partial charge in [-0.1, -0.05) is 15.9 Å². The zero-order valence-corrected chi connectivity index (χ0v) is 10.9. The maximum absolute atomic E-state index is 10.7. The lowest BCUT2D eigenvalue weighted by Gasteiger charge is -2.16. The van der Waals surface area contributed by atoms with Crippen molar-refractivity contribution in [2.75, 3.05) is 7.11 Å². The fourth-order valence-corrected chi connectivity index (χ4v) is 2.04. The van der Waals surface area contributed by atoms with Crippen LogP contribution in [0.3, 0.4) is 0 Å². The van der Waals surface area contributed by atoms with E-state index in [1.54, 1.807) is 13.8 Å². The van der Waals surface area contributed by atoms with Crippen LogP contribution < -0.4 is 4.74 Å². The number of carboxylic acid groups (broad SMARTS) is 1. The van der Waals surface area contributed by atoms with E-state index in [0.717, 1.165) is 15.6 Å². The van der Waals surface area contributed by atoms with Crippen LogP contribution in [0, 0.1) is 13.8 Å². The number of aromatic hydroxyl groups is 1. The van der Waals surface area contributed by atoms with Gasteiger partial charge in [0.05, 0.1) is 13.5 Å². The van der Waals surface area contributed by atoms with Crippen LogP contribution >= 0.6 is 15.9 Å². The van der Waals surface area contributed by atoms with Crippen molar-refractivity contribution in [3.8, 4) is 11.5 Å². The van der Waals surface area contributed by atoms with Crippen LogP contribution in [0.2, 0.25) is 0 Å².